The minimum atomic E-state index is -4.38. The summed E-state index contributed by atoms with van der Waals surface area (Å²) < 4.78 is 38.0. The Kier molecular flexibility index (Phi) is 4.10. The van der Waals surface area contributed by atoms with Gasteiger partial charge in [0, 0.05) is 31.4 Å². The second-order valence-electron chi connectivity index (χ2n) is 4.95. The number of hydrogen-bond acceptors (Lipinski definition) is 3. The van der Waals surface area contributed by atoms with E-state index in [2.05, 4.69) is 15.6 Å². The van der Waals surface area contributed by atoms with Crippen molar-refractivity contribution in [1.82, 2.24) is 15.6 Å². The van der Waals surface area contributed by atoms with Gasteiger partial charge in [-0.25, -0.2) is 4.98 Å². The molecule has 1 atom stereocenters. The molecular weight excluding hydrogens is 255 g/mol. The number of rotatable bonds is 2. The first kappa shape index (κ1) is 14.3. The Hall–Kier alpha value is -1.14. The number of piperazine rings is 1. The molecule has 0 bridgehead atoms. The zero-order chi connectivity index (χ0) is 14.0. The lowest BCUT2D eigenvalue weighted by molar-refractivity contribution is -0.141. The molecule has 1 fully saturated rings. The highest BCUT2D eigenvalue weighted by atomic mass is 19.4. The Bertz CT molecular complexity index is 428. The van der Waals surface area contributed by atoms with Crippen molar-refractivity contribution in [3.8, 4) is 0 Å². The summed E-state index contributed by atoms with van der Waals surface area (Å²) >= 11 is 0. The SMILES string of the molecule is Cc1cc(C(F)(F)F)nc(C)c1CC1CNCCN1. The lowest BCUT2D eigenvalue weighted by atomic mass is 9.98. The summed E-state index contributed by atoms with van der Waals surface area (Å²) in [6.45, 7) is 6.01. The second-order valence-corrected chi connectivity index (χ2v) is 4.95. The van der Waals surface area contributed by atoms with E-state index in [0.717, 1.165) is 31.3 Å². The molecule has 0 spiro atoms. The van der Waals surface area contributed by atoms with Crippen molar-refractivity contribution < 1.29 is 13.2 Å². The Morgan fingerprint density at radius 2 is 2.05 bits per heavy atom. The first-order chi connectivity index (χ1) is 8.88. The molecule has 19 heavy (non-hydrogen) atoms. The van der Waals surface area contributed by atoms with Crippen LogP contribution in [0, 0.1) is 13.8 Å². The zero-order valence-electron chi connectivity index (χ0n) is 11.1. The van der Waals surface area contributed by atoms with Crippen LogP contribution in [0.3, 0.4) is 0 Å². The molecule has 0 aromatic carbocycles. The van der Waals surface area contributed by atoms with Gasteiger partial charge in [0.05, 0.1) is 0 Å². The highest BCUT2D eigenvalue weighted by molar-refractivity contribution is 5.33. The first-order valence-corrected chi connectivity index (χ1v) is 6.36. The maximum absolute atomic E-state index is 12.7. The summed E-state index contributed by atoms with van der Waals surface area (Å²) in [4.78, 5) is 3.70. The fraction of sp³-hybridized carbons (Fsp3) is 0.615. The molecule has 1 aromatic heterocycles. The van der Waals surface area contributed by atoms with Crippen molar-refractivity contribution in [2.24, 2.45) is 0 Å². The lowest BCUT2D eigenvalue weighted by Crippen LogP contribution is -2.49. The Balaban J connectivity index is 2.21. The molecule has 1 saturated heterocycles. The smallest absolute Gasteiger partial charge is 0.314 e. The third kappa shape index (κ3) is 3.45. The van der Waals surface area contributed by atoms with Crippen LogP contribution in [0.25, 0.3) is 0 Å². The fourth-order valence-corrected chi connectivity index (χ4v) is 2.42. The first-order valence-electron chi connectivity index (χ1n) is 6.36. The van der Waals surface area contributed by atoms with Gasteiger partial charge in [-0.15, -0.1) is 0 Å². The van der Waals surface area contributed by atoms with E-state index in [0.29, 0.717) is 17.7 Å². The monoisotopic (exact) mass is 273 g/mol. The predicted octanol–water partition coefficient (Wildman–Crippen LogP) is 1.82. The Morgan fingerprint density at radius 3 is 2.58 bits per heavy atom. The molecule has 2 rings (SSSR count). The molecule has 6 heteroatoms. The van der Waals surface area contributed by atoms with E-state index < -0.39 is 11.9 Å². The van der Waals surface area contributed by atoms with Crippen LogP contribution in [-0.4, -0.2) is 30.7 Å². The van der Waals surface area contributed by atoms with E-state index in [9.17, 15) is 13.2 Å². The normalized spacial score (nSPS) is 20.6. The van der Waals surface area contributed by atoms with Gasteiger partial charge in [-0.1, -0.05) is 0 Å². The Morgan fingerprint density at radius 1 is 1.32 bits per heavy atom. The van der Waals surface area contributed by atoms with Crippen LogP contribution in [0.1, 0.15) is 22.5 Å². The topological polar surface area (TPSA) is 37.0 Å². The number of hydrogen-bond donors (Lipinski definition) is 2. The van der Waals surface area contributed by atoms with Crippen LogP contribution in [0.2, 0.25) is 0 Å². The van der Waals surface area contributed by atoms with Crippen molar-refractivity contribution in [2.45, 2.75) is 32.5 Å². The van der Waals surface area contributed by atoms with E-state index in [4.69, 9.17) is 0 Å². The maximum atomic E-state index is 12.7. The van der Waals surface area contributed by atoms with Crippen molar-refractivity contribution in [1.29, 1.82) is 0 Å². The highest BCUT2D eigenvalue weighted by Gasteiger charge is 2.33. The molecule has 0 aliphatic carbocycles. The summed E-state index contributed by atoms with van der Waals surface area (Å²) in [5, 5.41) is 6.62. The van der Waals surface area contributed by atoms with Crippen molar-refractivity contribution in [2.75, 3.05) is 19.6 Å². The lowest BCUT2D eigenvalue weighted by Gasteiger charge is -2.26. The van der Waals surface area contributed by atoms with E-state index in [1.165, 1.54) is 0 Å². The molecule has 1 aliphatic rings. The van der Waals surface area contributed by atoms with Gasteiger partial charge in [-0.3, -0.25) is 0 Å². The van der Waals surface area contributed by atoms with Crippen LogP contribution in [0.4, 0.5) is 13.2 Å². The second kappa shape index (κ2) is 5.46. The van der Waals surface area contributed by atoms with Crippen LogP contribution >= 0.6 is 0 Å². The summed E-state index contributed by atoms with van der Waals surface area (Å²) in [5.41, 5.74) is 1.24. The van der Waals surface area contributed by atoms with Crippen LogP contribution in [-0.2, 0) is 12.6 Å². The summed E-state index contributed by atoms with van der Waals surface area (Å²) in [6, 6.07) is 1.39. The van der Waals surface area contributed by atoms with Crippen LogP contribution in [0.5, 0.6) is 0 Å². The van der Waals surface area contributed by atoms with Crippen molar-refractivity contribution in [3.05, 3.63) is 28.6 Å². The Labute approximate surface area is 110 Å². The molecule has 0 saturated carbocycles. The number of nitrogens with one attached hydrogen (secondary N) is 2. The largest absolute Gasteiger partial charge is 0.433 e. The number of pyridine rings is 1. The van der Waals surface area contributed by atoms with Crippen molar-refractivity contribution >= 4 is 0 Å². The van der Waals surface area contributed by atoms with Gasteiger partial charge in [0.2, 0.25) is 0 Å². The highest BCUT2D eigenvalue weighted by Crippen LogP contribution is 2.30. The standard InChI is InChI=1S/C13H18F3N3/c1-8-5-12(13(14,15)16)19-9(2)11(8)6-10-7-17-3-4-18-10/h5,10,17-18H,3-4,6-7H2,1-2H3. The maximum Gasteiger partial charge on any atom is 0.433 e. The average Bonchev–Trinajstić information content (AvgIpc) is 2.33. The van der Waals surface area contributed by atoms with Gasteiger partial charge in [0.15, 0.2) is 0 Å². The van der Waals surface area contributed by atoms with Crippen LogP contribution < -0.4 is 10.6 Å². The van der Waals surface area contributed by atoms with Gasteiger partial charge in [-0.2, -0.15) is 13.2 Å². The molecule has 1 aliphatic heterocycles. The minimum absolute atomic E-state index is 0.254. The fourth-order valence-electron chi connectivity index (χ4n) is 2.42. The third-order valence-electron chi connectivity index (χ3n) is 3.42. The molecule has 1 aromatic rings. The van der Waals surface area contributed by atoms with E-state index in [1.807, 2.05) is 0 Å². The van der Waals surface area contributed by atoms with Gasteiger partial charge < -0.3 is 10.6 Å². The molecule has 2 heterocycles. The summed E-state index contributed by atoms with van der Waals surface area (Å²) in [7, 11) is 0. The third-order valence-corrected chi connectivity index (χ3v) is 3.42. The predicted molar refractivity (Wildman–Crippen MR) is 67.1 cm³/mol. The number of aryl methyl sites for hydroxylation is 2. The minimum Gasteiger partial charge on any atom is -0.314 e. The number of aromatic nitrogens is 1. The molecular formula is C13H18F3N3. The molecule has 3 nitrogen and oxygen atoms in total. The van der Waals surface area contributed by atoms with Crippen molar-refractivity contribution in [3.63, 3.8) is 0 Å². The number of nitrogens with zero attached hydrogens (tertiary/aromatic N) is 1. The molecule has 106 valence electrons. The van der Waals surface area contributed by atoms with Crippen LogP contribution in [0.15, 0.2) is 6.07 Å². The van der Waals surface area contributed by atoms with Gasteiger partial charge >= 0.3 is 6.18 Å². The molecule has 2 N–H and O–H groups in total. The molecule has 0 amide bonds. The summed E-state index contributed by atoms with van der Waals surface area (Å²) in [6.07, 6.45) is -3.67. The van der Waals surface area contributed by atoms with Gasteiger partial charge in [-0.05, 0) is 37.5 Å². The number of alkyl halides is 3. The van der Waals surface area contributed by atoms with E-state index in [-0.39, 0.29) is 6.04 Å². The van der Waals surface area contributed by atoms with Gasteiger partial charge in [0.25, 0.3) is 0 Å². The average molecular weight is 273 g/mol. The number of halogens is 3. The molecule has 0 radical (unpaired) electrons. The van der Waals surface area contributed by atoms with E-state index >= 15 is 0 Å². The quantitative estimate of drug-likeness (QED) is 0.863. The molecule has 1 unspecified atom stereocenters. The van der Waals surface area contributed by atoms with Gasteiger partial charge in [0.1, 0.15) is 5.69 Å². The van der Waals surface area contributed by atoms with E-state index in [1.54, 1.807) is 13.8 Å². The summed E-state index contributed by atoms with van der Waals surface area (Å²) in [5.74, 6) is 0. The zero-order valence-corrected chi connectivity index (χ0v) is 11.1.